The van der Waals surface area contributed by atoms with E-state index in [4.69, 9.17) is 21.1 Å². The van der Waals surface area contributed by atoms with Gasteiger partial charge in [0.1, 0.15) is 30.5 Å². The molecule has 97 heavy (non-hydrogen) atoms. The molecule has 0 aliphatic heterocycles. The Morgan fingerprint density at radius 1 is 0.351 bits per heavy atom. The van der Waals surface area contributed by atoms with E-state index in [1.165, 1.54) is 38.9 Å². The summed E-state index contributed by atoms with van der Waals surface area (Å²) in [5, 5.41) is 20.7. The molecule has 8 rings (SSSR count). The Morgan fingerprint density at radius 3 is 0.784 bits per heavy atom. The molecule has 0 atom stereocenters. The topological polar surface area (TPSA) is 91.8 Å². The van der Waals surface area contributed by atoms with Crippen molar-refractivity contribution < 1.29 is 126 Å². The quantitative estimate of drug-likeness (QED) is 0.0606. The molecule has 510 valence electrons. The smallest absolute Gasteiger partial charge is 1.00 e. The number of phenols is 1. The van der Waals surface area contributed by atoms with Crippen LogP contribution in [-0.4, -0.2) is 23.8 Å². The van der Waals surface area contributed by atoms with E-state index in [1.54, 1.807) is 42.5 Å². The van der Waals surface area contributed by atoms with Gasteiger partial charge in [0, 0.05) is 0 Å². The van der Waals surface area contributed by atoms with Crippen LogP contribution in [0.15, 0.2) is 326 Å². The molecular weight excluding hydrogens is 1260 g/mol. The molecule has 5 nitrogen and oxygen atoms in total. The molecule has 0 saturated carbocycles. The van der Waals surface area contributed by atoms with Crippen molar-refractivity contribution in [2.45, 2.75) is 126 Å². The third-order valence-corrected chi connectivity index (χ3v) is 12.5. The number of hydrogen-bond donors (Lipinski definition) is 1. The van der Waals surface area contributed by atoms with Crippen LogP contribution < -0.4 is 116 Å². The standard InChI is InChI=1S/3C12H14O.C9H10O.4C9H12.C2H3Cl.C2H4.2CH4.ClH.3Na.H2O/c2*1-3-7-11-8-5-6-9-12(11)13-10-4-2;1-3-6-10-8-5-9-11(7-4-2)12(10)13;1-2-5-8-6-3-4-7-9(8)10;4*1-8(2)9-6-4-3-5-7-9;1-2-3;1-2;;;;;;;/h2*3-6,8-9H,1-2,7,10H2;3-5,8-9,13H,1-2,6-7H2;2-4,6-7,10H,1,5H2;4*3-8H,1-2H3;2H,1H2;1-2H2;2*1H4;1H;;;;1H2/q;;;;;;;;;;;;;3*+1;/p-3. The van der Waals surface area contributed by atoms with E-state index in [0.717, 1.165) is 41.0 Å². The largest absolute Gasteiger partial charge is 1.00 e. The van der Waals surface area contributed by atoms with Gasteiger partial charge in [0.05, 0.1) is 0 Å². The van der Waals surface area contributed by atoms with Gasteiger partial charge in [0.15, 0.2) is 0 Å². The van der Waals surface area contributed by atoms with Crippen LogP contribution in [0.4, 0.5) is 0 Å². The van der Waals surface area contributed by atoms with Gasteiger partial charge < -0.3 is 37.6 Å². The SMILES string of the molecule is C.C.C=C.C=CCOc1ccccc1CC=C.C=CCOc1ccccc1CC=C.C=CCc1cccc(CC=C)c1O.C=CCc1ccccc1[O-].C=CCl.CC(C)c1ccccc1.CC(C)c1ccccc1.CC(C)c1ccccc1.CC(C)c1ccccc1.[Cl-].[Na+].[Na+].[Na+].[OH-]. The van der Waals surface area contributed by atoms with Crippen molar-refractivity contribution >= 4 is 11.6 Å². The van der Waals surface area contributed by atoms with Crippen LogP contribution in [-0.2, 0) is 32.1 Å². The van der Waals surface area contributed by atoms with Crippen molar-refractivity contribution in [1.29, 1.82) is 0 Å². The fourth-order valence-electron chi connectivity index (χ4n) is 7.70. The minimum atomic E-state index is 0. The summed E-state index contributed by atoms with van der Waals surface area (Å²) in [4.78, 5) is 0. The Balaban J connectivity index is -0.000000128. The van der Waals surface area contributed by atoms with Gasteiger partial charge in [-0.15, -0.1) is 51.8 Å². The zero-order valence-electron chi connectivity index (χ0n) is 59.5. The van der Waals surface area contributed by atoms with Crippen molar-refractivity contribution in [1.82, 2.24) is 0 Å². The first-order valence-electron chi connectivity index (χ1n) is 30.7. The number of phenolic OH excluding ortho intramolecular Hbond substituents is 1. The average molecular weight is 1380 g/mol. The molecule has 8 aromatic carbocycles. The van der Waals surface area contributed by atoms with Gasteiger partial charge in [-0.1, -0.05) is 350 Å². The fourth-order valence-corrected chi connectivity index (χ4v) is 7.70. The van der Waals surface area contributed by atoms with Crippen LogP contribution in [0.3, 0.4) is 0 Å². The molecule has 0 aliphatic carbocycles. The van der Waals surface area contributed by atoms with Gasteiger partial charge >= 0.3 is 88.7 Å². The predicted molar refractivity (Wildman–Crippen MR) is 413 cm³/mol. The molecule has 0 radical (unpaired) electrons. The molecule has 0 fully saturated rings. The Labute approximate surface area is 669 Å². The van der Waals surface area contributed by atoms with Crippen LogP contribution in [0, 0.1) is 0 Å². The molecule has 0 aliphatic rings. The maximum absolute atomic E-state index is 11.0. The zero-order chi connectivity index (χ0) is 67.6. The van der Waals surface area contributed by atoms with Gasteiger partial charge in [0.25, 0.3) is 0 Å². The second-order valence-corrected chi connectivity index (χ2v) is 21.1. The molecule has 0 aromatic heterocycles. The first-order chi connectivity index (χ1) is 43.5. The summed E-state index contributed by atoms with van der Waals surface area (Å²) in [6, 6.07) is 70.8. The summed E-state index contributed by atoms with van der Waals surface area (Å²) in [6.45, 7) is 53.3. The van der Waals surface area contributed by atoms with Crippen molar-refractivity contribution in [2.24, 2.45) is 0 Å². The summed E-state index contributed by atoms with van der Waals surface area (Å²) in [5.74, 6) is 4.95. The fraction of sp³-hybridized carbons (Fsp3) is 0.241. The van der Waals surface area contributed by atoms with Gasteiger partial charge in [-0.2, -0.15) is 0 Å². The number of rotatable bonds is 20. The maximum atomic E-state index is 11.0. The number of hydrogen-bond acceptors (Lipinski definition) is 5. The van der Waals surface area contributed by atoms with Crippen molar-refractivity contribution in [3.05, 3.63) is 376 Å². The van der Waals surface area contributed by atoms with Gasteiger partial charge in [-0.25, -0.2) is 0 Å². The van der Waals surface area contributed by atoms with E-state index >= 15 is 0 Å². The molecular formula is C87H115Cl2Na3O5. The second kappa shape index (κ2) is 75.9. The van der Waals surface area contributed by atoms with E-state index < -0.39 is 0 Å². The Bertz CT molecular complexity index is 2850. The summed E-state index contributed by atoms with van der Waals surface area (Å²) >= 11 is 4.76. The van der Waals surface area contributed by atoms with Crippen molar-refractivity contribution in [3.63, 3.8) is 0 Å². The molecule has 0 saturated heterocycles. The molecule has 0 unspecified atom stereocenters. The average Bonchev–Trinajstić information content (AvgIpc) is 1.32. The van der Waals surface area contributed by atoms with Crippen LogP contribution in [0.5, 0.6) is 23.0 Å². The third-order valence-electron chi connectivity index (χ3n) is 12.5. The van der Waals surface area contributed by atoms with E-state index in [1.807, 2.05) is 115 Å². The maximum Gasteiger partial charge on any atom is 1.00 e. The Morgan fingerprint density at radius 2 is 0.557 bits per heavy atom. The Hall–Kier alpha value is -5.84. The van der Waals surface area contributed by atoms with Crippen LogP contribution >= 0.6 is 11.6 Å². The van der Waals surface area contributed by atoms with Gasteiger partial charge in [-0.05, 0) is 118 Å². The molecule has 8 aromatic rings. The van der Waals surface area contributed by atoms with Gasteiger partial charge in [0.2, 0.25) is 0 Å². The summed E-state index contributed by atoms with van der Waals surface area (Å²) in [5.41, 5.74) is 11.9. The number of allylic oxidation sites excluding steroid dienone is 5. The van der Waals surface area contributed by atoms with Crippen molar-refractivity contribution in [3.8, 4) is 23.0 Å². The van der Waals surface area contributed by atoms with Crippen LogP contribution in [0.2, 0.25) is 0 Å². The summed E-state index contributed by atoms with van der Waals surface area (Å²) < 4.78 is 10.9. The Kier molecular flexibility index (Phi) is 85.9. The number of halogens is 2. The third kappa shape index (κ3) is 55.7. The molecule has 0 spiro atoms. The van der Waals surface area contributed by atoms with E-state index in [0.29, 0.717) is 61.9 Å². The minimum Gasteiger partial charge on any atom is -1.00 e. The van der Waals surface area contributed by atoms with Crippen LogP contribution in [0.25, 0.3) is 0 Å². The predicted octanol–water partition coefficient (Wildman–Crippen LogP) is 12.8. The number of ether oxygens (including phenoxy) is 2. The van der Waals surface area contributed by atoms with E-state index in [9.17, 15) is 10.2 Å². The normalized spacial score (nSPS) is 8.63. The number of benzene rings is 8. The first kappa shape index (κ1) is 110. The van der Waals surface area contributed by atoms with E-state index in [-0.39, 0.29) is 127 Å². The van der Waals surface area contributed by atoms with Crippen LogP contribution in [0.1, 0.15) is 144 Å². The molecule has 0 bridgehead atoms. The first-order valence-corrected chi connectivity index (χ1v) is 31.1. The zero-order valence-corrected chi connectivity index (χ0v) is 67.0. The van der Waals surface area contributed by atoms with Gasteiger partial charge in [-0.3, -0.25) is 0 Å². The molecule has 0 heterocycles. The minimum absolute atomic E-state index is 0. The molecule has 10 heteroatoms. The molecule has 0 amide bonds. The summed E-state index contributed by atoms with van der Waals surface area (Å²) in [6.07, 6.45) is 16.3. The van der Waals surface area contributed by atoms with E-state index in [2.05, 4.69) is 218 Å². The number of para-hydroxylation sites is 4. The molecule has 2 N–H and O–H groups in total. The van der Waals surface area contributed by atoms with Crippen molar-refractivity contribution in [2.75, 3.05) is 13.2 Å². The number of aromatic hydroxyl groups is 1. The monoisotopic (exact) mass is 1380 g/mol. The summed E-state index contributed by atoms with van der Waals surface area (Å²) in [7, 11) is 0. The second-order valence-electron chi connectivity index (χ2n) is 20.8.